The molecule has 0 spiro atoms. The Morgan fingerprint density at radius 1 is 0.755 bits per heavy atom. The van der Waals surface area contributed by atoms with Crippen LogP contribution in [0.4, 0.5) is 11.4 Å². The lowest BCUT2D eigenvalue weighted by atomic mass is 9.70. The summed E-state index contributed by atoms with van der Waals surface area (Å²) in [6, 6.07) is 40.6. The maximum absolute atomic E-state index is 2.68. The lowest BCUT2D eigenvalue weighted by Crippen LogP contribution is -2.36. The largest absolute Gasteiger partial charge is 0.344 e. The SMILES string of the molecule is Cc1cc2c(cc1C)C(Cc1ccccc1)(Cc1ccccc1)/C(=C\C=C\C1=[N+](C)c3ccc4ccccc4c3C1(C)C)N2CCC(C)C. The second-order valence-electron chi connectivity index (χ2n) is 15.4. The third-order valence-electron chi connectivity index (χ3n) is 11.2. The molecule has 0 radical (unpaired) electrons. The molecule has 0 saturated carbocycles. The molecule has 0 unspecified atom stereocenters. The van der Waals surface area contributed by atoms with Crippen molar-refractivity contribution >= 4 is 27.9 Å². The summed E-state index contributed by atoms with van der Waals surface area (Å²) >= 11 is 0. The van der Waals surface area contributed by atoms with Crippen LogP contribution in [0.3, 0.4) is 0 Å². The van der Waals surface area contributed by atoms with Gasteiger partial charge in [0, 0.05) is 41.1 Å². The molecule has 0 saturated heterocycles. The zero-order valence-electron chi connectivity index (χ0n) is 30.4. The molecule has 2 heteroatoms. The van der Waals surface area contributed by atoms with Crippen LogP contribution in [0, 0.1) is 19.8 Å². The van der Waals surface area contributed by atoms with Crippen LogP contribution in [0.15, 0.2) is 133 Å². The number of hydrogen-bond acceptors (Lipinski definition) is 1. The maximum atomic E-state index is 2.68. The van der Waals surface area contributed by atoms with Gasteiger partial charge in [-0.1, -0.05) is 111 Å². The molecule has 0 aromatic heterocycles. The first kappa shape index (κ1) is 32.8. The summed E-state index contributed by atoms with van der Waals surface area (Å²) in [5.41, 5.74) is 13.4. The van der Waals surface area contributed by atoms with Gasteiger partial charge in [-0.15, -0.1) is 0 Å². The highest BCUT2D eigenvalue weighted by Crippen LogP contribution is 2.53. The van der Waals surface area contributed by atoms with E-state index >= 15 is 0 Å². The number of benzene rings is 5. The molecular formula is C47H51N2+. The number of anilines is 1. The number of fused-ring (bicyclic) bond motifs is 4. The molecule has 0 amide bonds. The van der Waals surface area contributed by atoms with E-state index in [2.05, 4.69) is 185 Å². The summed E-state index contributed by atoms with van der Waals surface area (Å²) in [4.78, 5) is 2.68. The molecular weight excluding hydrogens is 593 g/mol. The van der Waals surface area contributed by atoms with Gasteiger partial charge >= 0.3 is 0 Å². The highest BCUT2D eigenvalue weighted by Gasteiger charge is 2.48. The van der Waals surface area contributed by atoms with Crippen LogP contribution >= 0.6 is 0 Å². The van der Waals surface area contributed by atoms with Crippen LogP contribution in [0.5, 0.6) is 0 Å². The Labute approximate surface area is 294 Å². The van der Waals surface area contributed by atoms with E-state index in [1.807, 2.05) is 0 Å². The van der Waals surface area contributed by atoms with Crippen LogP contribution in [0.25, 0.3) is 10.8 Å². The van der Waals surface area contributed by atoms with Gasteiger partial charge in [0.15, 0.2) is 5.71 Å². The number of hydrogen-bond donors (Lipinski definition) is 0. The molecule has 248 valence electrons. The Balaban J connectivity index is 1.41. The van der Waals surface area contributed by atoms with Crippen LogP contribution in [-0.4, -0.2) is 23.9 Å². The van der Waals surface area contributed by atoms with E-state index in [9.17, 15) is 0 Å². The normalized spacial score (nSPS) is 17.1. The van der Waals surface area contributed by atoms with Crippen LogP contribution in [-0.2, 0) is 23.7 Å². The van der Waals surface area contributed by atoms with E-state index in [-0.39, 0.29) is 10.8 Å². The standard InChI is InChI=1S/C47H51N2/c1-33(2)27-28-49-42-30-35(4)34(3)29-40(42)47(31-36-17-10-8-11-18-36,32-37-19-12-9-13-20-37)44(49)24-16-23-43-46(5,6)45-39-22-15-14-21-38(39)25-26-41(45)48(43)7/h8-26,29-30,33H,27-28,31-32H2,1-7H3/q+1. The minimum atomic E-state index is -0.223. The second-order valence-corrected chi connectivity index (χ2v) is 15.4. The van der Waals surface area contributed by atoms with Crippen molar-refractivity contribution < 1.29 is 4.58 Å². The van der Waals surface area contributed by atoms with Gasteiger partial charge in [0.1, 0.15) is 7.05 Å². The fourth-order valence-electron chi connectivity index (χ4n) is 8.56. The highest BCUT2D eigenvalue weighted by atomic mass is 15.2. The van der Waals surface area contributed by atoms with Crippen molar-refractivity contribution in [2.75, 3.05) is 18.5 Å². The predicted octanol–water partition coefficient (Wildman–Crippen LogP) is 11.2. The van der Waals surface area contributed by atoms with Crippen LogP contribution in [0.1, 0.15) is 67.5 Å². The van der Waals surface area contributed by atoms with Crippen LogP contribution < -0.4 is 4.90 Å². The van der Waals surface area contributed by atoms with Crippen molar-refractivity contribution in [3.8, 4) is 0 Å². The van der Waals surface area contributed by atoms with Gasteiger partial charge in [-0.05, 0) is 110 Å². The first-order chi connectivity index (χ1) is 23.6. The number of nitrogens with zero attached hydrogens (tertiary/aromatic N) is 2. The Bertz CT molecular complexity index is 2050. The molecule has 7 rings (SSSR count). The van der Waals surface area contributed by atoms with Crippen molar-refractivity contribution in [2.45, 2.75) is 71.6 Å². The van der Waals surface area contributed by atoms with Gasteiger partial charge in [0.25, 0.3) is 0 Å². The fraction of sp³-hybridized carbons (Fsp3) is 0.298. The molecule has 0 aliphatic carbocycles. The van der Waals surface area contributed by atoms with E-state index in [0.717, 1.165) is 25.8 Å². The van der Waals surface area contributed by atoms with Crippen molar-refractivity contribution in [2.24, 2.45) is 5.92 Å². The van der Waals surface area contributed by atoms with E-state index < -0.39 is 0 Å². The van der Waals surface area contributed by atoms with E-state index in [1.54, 1.807) is 0 Å². The lowest BCUT2D eigenvalue weighted by molar-refractivity contribution is -0.401. The third kappa shape index (κ3) is 5.86. The molecule has 2 nitrogen and oxygen atoms in total. The molecule has 0 fully saturated rings. The first-order valence-electron chi connectivity index (χ1n) is 18.1. The van der Waals surface area contributed by atoms with Gasteiger partial charge in [0.05, 0.1) is 5.41 Å². The average molecular weight is 644 g/mol. The number of allylic oxidation sites excluding steroid dienone is 4. The Hall–Kier alpha value is -4.69. The smallest absolute Gasteiger partial charge is 0.210 e. The Kier molecular flexibility index (Phi) is 8.69. The summed E-state index contributed by atoms with van der Waals surface area (Å²) in [7, 11) is 2.23. The summed E-state index contributed by atoms with van der Waals surface area (Å²) < 4.78 is 2.41. The monoisotopic (exact) mass is 643 g/mol. The zero-order valence-corrected chi connectivity index (χ0v) is 30.4. The maximum Gasteiger partial charge on any atom is 0.210 e. The molecule has 2 aliphatic rings. The minimum Gasteiger partial charge on any atom is -0.344 e. The molecule has 0 N–H and O–H groups in total. The Morgan fingerprint density at radius 3 is 2.02 bits per heavy atom. The van der Waals surface area contributed by atoms with Gasteiger partial charge in [-0.2, -0.15) is 4.58 Å². The van der Waals surface area contributed by atoms with Crippen molar-refractivity contribution in [3.63, 3.8) is 0 Å². The predicted molar refractivity (Wildman–Crippen MR) is 210 cm³/mol. The summed E-state index contributed by atoms with van der Waals surface area (Å²) in [6.07, 6.45) is 10.2. The summed E-state index contributed by atoms with van der Waals surface area (Å²) in [6.45, 7) is 15.0. The van der Waals surface area contributed by atoms with E-state index in [0.29, 0.717) is 5.92 Å². The molecule has 5 aromatic rings. The topological polar surface area (TPSA) is 6.25 Å². The third-order valence-corrected chi connectivity index (χ3v) is 11.2. The fourth-order valence-corrected chi connectivity index (χ4v) is 8.56. The van der Waals surface area contributed by atoms with Crippen LogP contribution in [0.2, 0.25) is 0 Å². The van der Waals surface area contributed by atoms with Crippen molar-refractivity contribution in [1.82, 2.24) is 0 Å². The lowest BCUT2D eigenvalue weighted by Gasteiger charge is -2.35. The molecule has 49 heavy (non-hydrogen) atoms. The molecule has 5 aromatic carbocycles. The van der Waals surface area contributed by atoms with E-state index in [4.69, 9.17) is 0 Å². The zero-order chi connectivity index (χ0) is 34.3. The second kappa shape index (κ2) is 13.0. The van der Waals surface area contributed by atoms with E-state index in [1.165, 1.54) is 66.9 Å². The number of rotatable bonds is 9. The molecule has 0 atom stereocenters. The van der Waals surface area contributed by atoms with Gasteiger partial charge < -0.3 is 4.90 Å². The first-order valence-corrected chi connectivity index (χ1v) is 18.1. The molecule has 2 heterocycles. The highest BCUT2D eigenvalue weighted by molar-refractivity contribution is 6.07. The molecule has 2 aliphatic heterocycles. The van der Waals surface area contributed by atoms with Crippen molar-refractivity contribution in [3.05, 3.63) is 167 Å². The molecule has 0 bridgehead atoms. The van der Waals surface area contributed by atoms with Gasteiger partial charge in [0.2, 0.25) is 5.69 Å². The number of aryl methyl sites for hydroxylation is 2. The van der Waals surface area contributed by atoms with Gasteiger partial charge in [-0.25, -0.2) is 0 Å². The summed E-state index contributed by atoms with van der Waals surface area (Å²) in [5, 5.41) is 2.65. The average Bonchev–Trinajstić information content (AvgIpc) is 3.43. The van der Waals surface area contributed by atoms with Gasteiger partial charge in [-0.3, -0.25) is 0 Å². The Morgan fingerprint density at radius 2 is 1.37 bits per heavy atom. The summed E-state index contributed by atoms with van der Waals surface area (Å²) in [5.74, 6) is 0.613. The quantitative estimate of drug-likeness (QED) is 0.145. The van der Waals surface area contributed by atoms with Crippen molar-refractivity contribution in [1.29, 1.82) is 0 Å². The minimum absolute atomic E-state index is 0.130.